The molecule has 7 rings (SSSR count). The molecule has 0 atom stereocenters. The third-order valence-corrected chi connectivity index (χ3v) is 14.6. The first kappa shape index (κ1) is 31.2. The Hall–Kier alpha value is -2.38. The van der Waals surface area contributed by atoms with Crippen LogP contribution >= 0.6 is 11.3 Å². The topological polar surface area (TPSA) is 123 Å². The molecule has 1 saturated carbocycles. The molecule has 3 saturated heterocycles. The van der Waals surface area contributed by atoms with Gasteiger partial charge >= 0.3 is 0 Å². The van der Waals surface area contributed by atoms with E-state index in [0.717, 1.165) is 40.8 Å². The van der Waals surface area contributed by atoms with E-state index in [0.29, 0.717) is 68.3 Å². The number of thiazole rings is 1. The van der Waals surface area contributed by atoms with E-state index in [4.69, 9.17) is 9.72 Å². The molecule has 2 aromatic carbocycles. The number of carbonyl (C=O) groups excluding carboxylic acids is 1. The van der Waals surface area contributed by atoms with Crippen molar-refractivity contribution in [1.82, 2.24) is 14.6 Å². The minimum atomic E-state index is -3.77. The van der Waals surface area contributed by atoms with Crippen LogP contribution in [0.4, 0.5) is 0 Å². The number of rotatable bonds is 7. The van der Waals surface area contributed by atoms with Crippen molar-refractivity contribution in [3.8, 4) is 10.4 Å². The summed E-state index contributed by atoms with van der Waals surface area (Å²) in [5, 5.41) is 1.93. The third-order valence-electron chi connectivity index (χ3n) is 10.3. The van der Waals surface area contributed by atoms with Gasteiger partial charge in [-0.15, -0.1) is 11.3 Å². The van der Waals surface area contributed by atoms with Crippen LogP contribution in [0.3, 0.4) is 0 Å². The predicted molar refractivity (Wildman–Crippen MR) is 176 cm³/mol. The van der Waals surface area contributed by atoms with Crippen molar-refractivity contribution in [3.05, 3.63) is 47.1 Å². The summed E-state index contributed by atoms with van der Waals surface area (Å²) in [6, 6.07) is 11.0. The molecule has 4 fully saturated rings. The summed E-state index contributed by atoms with van der Waals surface area (Å²) in [5.41, 5.74) is 1.72. The molecule has 0 radical (unpaired) electrons. The summed E-state index contributed by atoms with van der Waals surface area (Å²) in [5.74, 6) is 0.810. The Labute approximate surface area is 269 Å². The van der Waals surface area contributed by atoms with E-state index in [1.165, 1.54) is 30.6 Å². The van der Waals surface area contributed by atoms with E-state index in [9.17, 15) is 21.6 Å². The van der Waals surface area contributed by atoms with Gasteiger partial charge in [-0.2, -0.15) is 0 Å². The van der Waals surface area contributed by atoms with Crippen molar-refractivity contribution in [1.29, 1.82) is 0 Å². The highest BCUT2D eigenvalue weighted by molar-refractivity contribution is 7.91. The molecule has 1 spiro atoms. The summed E-state index contributed by atoms with van der Waals surface area (Å²) in [4.78, 5) is 21.8. The van der Waals surface area contributed by atoms with Crippen LogP contribution in [0, 0.1) is 11.3 Å². The number of sulfonamides is 1. The second-order valence-corrected chi connectivity index (χ2v) is 18.5. The van der Waals surface area contributed by atoms with Crippen LogP contribution in [0.5, 0.6) is 0 Å². The summed E-state index contributed by atoms with van der Waals surface area (Å²) in [6.07, 6.45) is 9.27. The molecule has 1 aromatic heterocycles. The average molecular weight is 672 g/mol. The van der Waals surface area contributed by atoms with Crippen molar-refractivity contribution in [2.45, 2.75) is 75.1 Å². The molecule has 1 N–H and O–H groups in total. The minimum absolute atomic E-state index is 0.0950. The fourth-order valence-corrected chi connectivity index (χ4v) is 11.9. The molecule has 3 aliphatic heterocycles. The number of benzene rings is 2. The van der Waals surface area contributed by atoms with Crippen molar-refractivity contribution >= 4 is 47.9 Å². The standard InChI is InChI=1S/C33H41N3O6S3/c37-32(36-21-33(22-36)14-18-44(38,39)19-15-33)31-34-28(20-23-6-2-1-3-7-23)30(43-31)27-10-11-29(26-9-5-4-8-25(26)27)45(40,41)35-24-12-16-42-17-13-24/h4-5,8-11,23-24,35H,1-3,6-7,12-22H2. The Kier molecular flexibility index (Phi) is 8.56. The molecule has 12 heteroatoms. The SMILES string of the molecule is O=C(c1nc(CC2CCCCC2)c(-c2ccc(S(=O)(=O)NC3CCOCC3)c3ccccc23)s1)N1CC2(CCS(=O)(=O)CC2)C1. The molecular weight excluding hydrogens is 631 g/mol. The van der Waals surface area contributed by atoms with Crippen LogP contribution in [0.2, 0.25) is 0 Å². The fourth-order valence-electron chi connectivity index (χ4n) is 7.59. The number of nitrogens with zero attached hydrogens (tertiary/aromatic N) is 2. The van der Waals surface area contributed by atoms with E-state index in [2.05, 4.69) is 4.72 Å². The average Bonchev–Trinajstić information content (AvgIpc) is 3.43. The smallest absolute Gasteiger partial charge is 0.282 e. The Morgan fingerprint density at radius 3 is 2.38 bits per heavy atom. The molecule has 9 nitrogen and oxygen atoms in total. The van der Waals surface area contributed by atoms with Crippen molar-refractivity contribution < 1.29 is 26.4 Å². The van der Waals surface area contributed by atoms with Gasteiger partial charge < -0.3 is 9.64 Å². The maximum absolute atomic E-state index is 13.8. The van der Waals surface area contributed by atoms with Crippen molar-refractivity contribution in [2.75, 3.05) is 37.8 Å². The van der Waals surface area contributed by atoms with Gasteiger partial charge in [0.1, 0.15) is 9.84 Å². The van der Waals surface area contributed by atoms with Gasteiger partial charge in [0.25, 0.3) is 5.91 Å². The Bertz CT molecular complexity index is 1790. The highest BCUT2D eigenvalue weighted by Crippen LogP contribution is 2.44. The molecule has 3 aromatic rings. The monoisotopic (exact) mass is 671 g/mol. The lowest BCUT2D eigenvalue weighted by Gasteiger charge is -2.51. The first-order chi connectivity index (χ1) is 21.6. The highest BCUT2D eigenvalue weighted by atomic mass is 32.2. The van der Waals surface area contributed by atoms with Crippen LogP contribution in [0.1, 0.15) is 73.3 Å². The van der Waals surface area contributed by atoms with Gasteiger partial charge in [0.05, 0.1) is 27.0 Å². The summed E-state index contributed by atoms with van der Waals surface area (Å²) in [6.45, 7) is 2.24. The van der Waals surface area contributed by atoms with Gasteiger partial charge in [-0.25, -0.2) is 26.5 Å². The lowest BCUT2D eigenvalue weighted by atomic mass is 9.75. The molecule has 0 bridgehead atoms. The molecule has 4 aliphatic rings. The number of likely N-dealkylation sites (tertiary alicyclic amines) is 1. The highest BCUT2D eigenvalue weighted by Gasteiger charge is 2.48. The third kappa shape index (κ3) is 6.45. The van der Waals surface area contributed by atoms with E-state index in [1.807, 2.05) is 35.2 Å². The van der Waals surface area contributed by atoms with Crippen LogP contribution in [-0.4, -0.2) is 76.5 Å². The predicted octanol–water partition coefficient (Wildman–Crippen LogP) is 5.19. The van der Waals surface area contributed by atoms with Crippen LogP contribution in [-0.2, 0) is 31.0 Å². The molecule has 242 valence electrons. The normalized spacial score (nSPS) is 22.4. The second-order valence-electron chi connectivity index (χ2n) is 13.5. The van der Waals surface area contributed by atoms with Crippen molar-refractivity contribution in [3.63, 3.8) is 0 Å². The molecular formula is C33H41N3O6S3. The number of hydrogen-bond acceptors (Lipinski definition) is 8. The number of fused-ring (bicyclic) bond motifs is 1. The second kappa shape index (κ2) is 12.3. The Morgan fingerprint density at radius 1 is 0.978 bits per heavy atom. The van der Waals surface area contributed by atoms with E-state index >= 15 is 0 Å². The zero-order valence-electron chi connectivity index (χ0n) is 25.5. The van der Waals surface area contributed by atoms with Crippen LogP contribution in [0.15, 0.2) is 41.3 Å². The number of hydrogen-bond donors (Lipinski definition) is 1. The molecule has 4 heterocycles. The Morgan fingerprint density at radius 2 is 1.67 bits per heavy atom. The van der Waals surface area contributed by atoms with Gasteiger partial charge in [-0.1, -0.05) is 62.4 Å². The lowest BCUT2D eigenvalue weighted by Crippen LogP contribution is -2.60. The van der Waals surface area contributed by atoms with Crippen molar-refractivity contribution in [2.24, 2.45) is 11.3 Å². The van der Waals surface area contributed by atoms with Crippen LogP contribution in [0.25, 0.3) is 21.2 Å². The summed E-state index contributed by atoms with van der Waals surface area (Å²) >= 11 is 1.40. The summed E-state index contributed by atoms with van der Waals surface area (Å²) < 4.78 is 59.5. The first-order valence-corrected chi connectivity index (χ1v) is 20.4. The molecule has 0 unspecified atom stereocenters. The number of amides is 1. The number of aromatic nitrogens is 1. The van der Waals surface area contributed by atoms with Gasteiger partial charge in [0, 0.05) is 48.7 Å². The number of carbonyl (C=O) groups is 1. The number of sulfone groups is 1. The lowest BCUT2D eigenvalue weighted by molar-refractivity contribution is 0.000299. The molecule has 1 amide bonds. The van der Waals surface area contributed by atoms with E-state index < -0.39 is 19.9 Å². The van der Waals surface area contributed by atoms with Gasteiger partial charge in [-0.3, -0.25) is 4.79 Å². The van der Waals surface area contributed by atoms with Gasteiger partial charge in [0.15, 0.2) is 5.01 Å². The van der Waals surface area contributed by atoms with E-state index in [-0.39, 0.29) is 33.8 Å². The molecule has 45 heavy (non-hydrogen) atoms. The fraction of sp³-hybridized carbons (Fsp3) is 0.576. The quantitative estimate of drug-likeness (QED) is 0.367. The van der Waals surface area contributed by atoms with Gasteiger partial charge in [-0.05, 0) is 49.5 Å². The first-order valence-electron chi connectivity index (χ1n) is 16.2. The maximum atomic E-state index is 13.8. The summed E-state index contributed by atoms with van der Waals surface area (Å²) in [7, 11) is -6.74. The zero-order valence-corrected chi connectivity index (χ0v) is 28.0. The van der Waals surface area contributed by atoms with Crippen LogP contribution < -0.4 is 4.72 Å². The largest absolute Gasteiger partial charge is 0.381 e. The minimum Gasteiger partial charge on any atom is -0.381 e. The maximum Gasteiger partial charge on any atom is 0.282 e. The van der Waals surface area contributed by atoms with Gasteiger partial charge in [0.2, 0.25) is 10.0 Å². The number of ether oxygens (including phenoxy) is 1. The Balaban J connectivity index is 1.21. The number of nitrogens with one attached hydrogen (secondary N) is 1. The molecule has 1 aliphatic carbocycles. The van der Waals surface area contributed by atoms with E-state index in [1.54, 1.807) is 6.07 Å². The zero-order chi connectivity index (χ0) is 31.2.